The molecule has 0 bridgehead atoms. The smallest absolute Gasteiger partial charge is 0.250 e. The lowest BCUT2D eigenvalue weighted by Gasteiger charge is -2.25. The molecule has 150 valence electrons. The maximum Gasteiger partial charge on any atom is 0.250 e. The largest absolute Gasteiger partial charge is 0.440 e. The third-order valence-electron chi connectivity index (χ3n) is 5.24. The van der Waals surface area contributed by atoms with Crippen LogP contribution in [0.3, 0.4) is 0 Å². The number of rotatable bonds is 6. The number of aromatic nitrogens is 1. The van der Waals surface area contributed by atoms with Crippen LogP contribution in [0, 0.1) is 0 Å². The van der Waals surface area contributed by atoms with E-state index in [2.05, 4.69) is 5.32 Å². The summed E-state index contributed by atoms with van der Waals surface area (Å²) in [7, 11) is 0. The number of hydrogen-bond donors (Lipinski definition) is 2. The summed E-state index contributed by atoms with van der Waals surface area (Å²) in [6, 6.07) is 17.0. The molecule has 5 nitrogen and oxygen atoms in total. The third-order valence-corrected chi connectivity index (χ3v) is 5.48. The van der Waals surface area contributed by atoms with Crippen LogP contribution in [-0.4, -0.2) is 16.5 Å². The Labute approximate surface area is 175 Å². The summed E-state index contributed by atoms with van der Waals surface area (Å²) in [6.45, 7) is 0. The number of carbonyl (C=O) groups is 1. The highest BCUT2D eigenvalue weighted by atomic mass is 35.5. The van der Waals surface area contributed by atoms with E-state index in [1.54, 1.807) is 18.2 Å². The number of amides is 1. The summed E-state index contributed by atoms with van der Waals surface area (Å²) in [5.41, 5.74) is 7.77. The first-order valence-electron chi connectivity index (χ1n) is 9.92. The molecule has 1 aliphatic carbocycles. The van der Waals surface area contributed by atoms with Crippen LogP contribution in [0.5, 0.6) is 11.6 Å². The Hall–Kier alpha value is -2.92. The highest BCUT2D eigenvalue weighted by Crippen LogP contribution is 2.30. The molecular formula is C23H24ClN3O2. The molecule has 3 N–H and O–H groups in total. The van der Waals surface area contributed by atoms with Crippen LogP contribution in [0.25, 0.3) is 5.69 Å². The molecule has 1 fully saturated rings. The maximum absolute atomic E-state index is 11.9. The number of nitrogens with zero attached hydrogens (tertiary/aromatic N) is 1. The van der Waals surface area contributed by atoms with E-state index in [0.29, 0.717) is 28.3 Å². The summed E-state index contributed by atoms with van der Waals surface area (Å²) in [4.78, 5) is 11.9. The minimum atomic E-state index is -0.433. The topological polar surface area (TPSA) is 69.3 Å². The molecule has 1 amide bonds. The normalized spacial score (nSPS) is 14.5. The van der Waals surface area contributed by atoms with Crippen LogP contribution < -0.4 is 15.8 Å². The van der Waals surface area contributed by atoms with Crippen molar-refractivity contribution in [1.82, 2.24) is 4.57 Å². The molecule has 0 aliphatic heterocycles. The van der Waals surface area contributed by atoms with Crippen molar-refractivity contribution in [2.75, 3.05) is 5.32 Å². The zero-order valence-corrected chi connectivity index (χ0v) is 16.9. The fourth-order valence-electron chi connectivity index (χ4n) is 3.80. The lowest BCUT2D eigenvalue weighted by Crippen LogP contribution is -2.24. The third kappa shape index (κ3) is 4.57. The molecule has 1 heterocycles. The number of benzene rings is 2. The van der Waals surface area contributed by atoms with Crippen molar-refractivity contribution in [3.63, 3.8) is 0 Å². The van der Waals surface area contributed by atoms with Gasteiger partial charge in [-0.15, -0.1) is 0 Å². The number of ether oxygens (including phenoxy) is 1. The lowest BCUT2D eigenvalue weighted by atomic mass is 9.95. The molecule has 0 spiro atoms. The van der Waals surface area contributed by atoms with Crippen LogP contribution in [0.2, 0.25) is 5.02 Å². The van der Waals surface area contributed by atoms with Gasteiger partial charge in [0.05, 0.1) is 11.3 Å². The fraction of sp³-hybridized carbons (Fsp3) is 0.261. The molecule has 3 aromatic rings. The summed E-state index contributed by atoms with van der Waals surface area (Å²) < 4.78 is 7.95. The van der Waals surface area contributed by atoms with Gasteiger partial charge in [-0.3, -0.25) is 9.36 Å². The Kier molecular flexibility index (Phi) is 5.76. The van der Waals surface area contributed by atoms with Gasteiger partial charge in [0.25, 0.3) is 5.91 Å². The van der Waals surface area contributed by atoms with Gasteiger partial charge in [0.2, 0.25) is 5.88 Å². The average Bonchev–Trinajstić information content (AvgIpc) is 3.16. The molecule has 0 saturated heterocycles. The van der Waals surface area contributed by atoms with Crippen molar-refractivity contribution in [1.29, 1.82) is 0 Å². The minimum Gasteiger partial charge on any atom is -0.440 e. The second kappa shape index (κ2) is 8.62. The summed E-state index contributed by atoms with van der Waals surface area (Å²) in [5, 5.41) is 4.15. The number of primary amides is 1. The molecule has 29 heavy (non-hydrogen) atoms. The van der Waals surface area contributed by atoms with Gasteiger partial charge in [-0.25, -0.2) is 0 Å². The standard InChI is InChI=1S/C23H24ClN3O2/c24-16-6-4-9-19(14-16)29-22-10-5-13-27(22)18-11-12-20(23(25)28)21(15-18)26-17-7-2-1-3-8-17/h4-6,9-15,17,26H,1-3,7-8H2,(H2,25,28). The average molecular weight is 410 g/mol. The summed E-state index contributed by atoms with van der Waals surface area (Å²) in [5.74, 6) is 0.882. The number of anilines is 1. The molecule has 0 radical (unpaired) electrons. The van der Waals surface area contributed by atoms with E-state index >= 15 is 0 Å². The molecule has 4 rings (SSSR count). The van der Waals surface area contributed by atoms with E-state index in [-0.39, 0.29) is 0 Å². The number of carbonyl (C=O) groups excluding carboxylic acids is 1. The van der Waals surface area contributed by atoms with Crippen molar-refractivity contribution in [2.24, 2.45) is 5.73 Å². The van der Waals surface area contributed by atoms with Crippen molar-refractivity contribution >= 4 is 23.2 Å². The summed E-state index contributed by atoms with van der Waals surface area (Å²) in [6.07, 6.45) is 7.82. The highest BCUT2D eigenvalue weighted by Gasteiger charge is 2.17. The van der Waals surface area contributed by atoms with Crippen molar-refractivity contribution < 1.29 is 9.53 Å². The van der Waals surface area contributed by atoms with Gasteiger partial charge >= 0.3 is 0 Å². The van der Waals surface area contributed by atoms with Gasteiger partial charge in [0, 0.05) is 29.0 Å². The number of nitrogens with one attached hydrogen (secondary N) is 1. The predicted octanol–water partition coefficient (Wildman–Crippen LogP) is 5.77. The Morgan fingerprint density at radius 1 is 1.07 bits per heavy atom. The molecule has 1 aromatic heterocycles. The number of nitrogens with two attached hydrogens (primary N) is 1. The van der Waals surface area contributed by atoms with E-state index in [9.17, 15) is 4.79 Å². The van der Waals surface area contributed by atoms with Crippen LogP contribution in [0.1, 0.15) is 42.5 Å². The van der Waals surface area contributed by atoms with Gasteiger partial charge in [0.15, 0.2) is 0 Å². The SMILES string of the molecule is NC(=O)c1ccc(-n2cccc2Oc2cccc(Cl)c2)cc1NC1CCCCC1. The Balaban J connectivity index is 1.64. The maximum atomic E-state index is 11.9. The predicted molar refractivity (Wildman–Crippen MR) is 116 cm³/mol. The minimum absolute atomic E-state index is 0.365. The summed E-state index contributed by atoms with van der Waals surface area (Å²) >= 11 is 6.06. The van der Waals surface area contributed by atoms with Crippen LogP contribution in [0.4, 0.5) is 5.69 Å². The lowest BCUT2D eigenvalue weighted by molar-refractivity contribution is 0.100. The fourth-order valence-corrected chi connectivity index (χ4v) is 3.98. The monoisotopic (exact) mass is 409 g/mol. The van der Waals surface area contributed by atoms with Crippen LogP contribution in [0.15, 0.2) is 60.8 Å². The van der Waals surface area contributed by atoms with Gasteiger partial charge in [0.1, 0.15) is 5.75 Å². The number of hydrogen-bond acceptors (Lipinski definition) is 3. The molecule has 0 unspecified atom stereocenters. The molecule has 1 aliphatic rings. The van der Waals surface area contributed by atoms with Gasteiger partial charge in [-0.1, -0.05) is 36.9 Å². The van der Waals surface area contributed by atoms with Crippen LogP contribution >= 0.6 is 11.6 Å². The second-order valence-corrected chi connectivity index (χ2v) is 7.79. The Morgan fingerprint density at radius 2 is 1.90 bits per heavy atom. The van der Waals surface area contributed by atoms with E-state index in [1.807, 2.05) is 47.2 Å². The number of halogens is 1. The molecule has 0 atom stereocenters. The van der Waals surface area contributed by atoms with Gasteiger partial charge in [-0.05, 0) is 55.3 Å². The Morgan fingerprint density at radius 3 is 2.66 bits per heavy atom. The second-order valence-electron chi connectivity index (χ2n) is 7.35. The first kappa shape index (κ1) is 19.4. The van der Waals surface area contributed by atoms with Crippen molar-refractivity contribution in [2.45, 2.75) is 38.1 Å². The quantitative estimate of drug-likeness (QED) is 0.543. The zero-order chi connectivity index (χ0) is 20.2. The van der Waals surface area contributed by atoms with Crippen LogP contribution in [-0.2, 0) is 0 Å². The molecular weight excluding hydrogens is 386 g/mol. The molecule has 2 aromatic carbocycles. The molecule has 1 saturated carbocycles. The molecule has 6 heteroatoms. The first-order chi connectivity index (χ1) is 14.1. The van der Waals surface area contributed by atoms with Gasteiger partial charge in [-0.2, -0.15) is 0 Å². The van der Waals surface area contributed by atoms with Crippen molar-refractivity contribution in [3.8, 4) is 17.3 Å². The van der Waals surface area contributed by atoms with E-state index in [1.165, 1.54) is 19.3 Å². The van der Waals surface area contributed by atoms with E-state index in [0.717, 1.165) is 24.2 Å². The zero-order valence-electron chi connectivity index (χ0n) is 16.1. The van der Waals surface area contributed by atoms with Gasteiger partial charge < -0.3 is 15.8 Å². The first-order valence-corrected chi connectivity index (χ1v) is 10.3. The van der Waals surface area contributed by atoms with Crippen molar-refractivity contribution in [3.05, 3.63) is 71.4 Å². The van der Waals surface area contributed by atoms with E-state index in [4.69, 9.17) is 22.1 Å². The van der Waals surface area contributed by atoms with E-state index < -0.39 is 5.91 Å². The Bertz CT molecular complexity index is 1010. The highest BCUT2D eigenvalue weighted by molar-refractivity contribution is 6.30.